The third kappa shape index (κ3) is 4.57. The molecule has 0 fully saturated rings. The van der Waals surface area contributed by atoms with Gasteiger partial charge in [0.1, 0.15) is 0 Å². The normalized spacial score (nSPS) is 11.9. The first-order chi connectivity index (χ1) is 15.4. The fraction of sp³-hybridized carbons (Fsp3) is 0.200. The van der Waals surface area contributed by atoms with E-state index in [1.165, 1.54) is 11.8 Å². The lowest BCUT2D eigenvalue weighted by atomic mass is 10.1. The molecule has 7 heteroatoms. The van der Waals surface area contributed by atoms with Gasteiger partial charge in [-0.3, -0.25) is 14.3 Å². The van der Waals surface area contributed by atoms with E-state index in [-0.39, 0.29) is 11.2 Å². The van der Waals surface area contributed by atoms with Crippen molar-refractivity contribution >= 4 is 23.4 Å². The van der Waals surface area contributed by atoms with Crippen LogP contribution in [0.5, 0.6) is 0 Å². The molecule has 2 aromatic heterocycles. The summed E-state index contributed by atoms with van der Waals surface area (Å²) < 4.78 is 2.00. The molecule has 0 saturated carbocycles. The fourth-order valence-electron chi connectivity index (χ4n) is 3.38. The molecule has 0 aliphatic heterocycles. The molecule has 6 nitrogen and oxygen atoms in total. The van der Waals surface area contributed by atoms with E-state index in [1.807, 2.05) is 86.9 Å². The molecular formula is C25H25N5OS. The number of aromatic nitrogens is 4. The first kappa shape index (κ1) is 21.8. The Bertz CT molecular complexity index is 1250. The average molecular weight is 444 g/mol. The van der Waals surface area contributed by atoms with E-state index in [9.17, 15) is 4.79 Å². The smallest absolute Gasteiger partial charge is 0.237 e. The molecule has 2 aromatic carbocycles. The van der Waals surface area contributed by atoms with Gasteiger partial charge in [0.2, 0.25) is 5.91 Å². The number of hydrogen-bond donors (Lipinski definition) is 1. The second kappa shape index (κ2) is 9.36. The number of hydrogen-bond acceptors (Lipinski definition) is 5. The number of thioether (sulfide) groups is 1. The van der Waals surface area contributed by atoms with Gasteiger partial charge in [-0.15, -0.1) is 10.2 Å². The Morgan fingerprint density at radius 2 is 1.81 bits per heavy atom. The summed E-state index contributed by atoms with van der Waals surface area (Å²) >= 11 is 1.38. The summed E-state index contributed by atoms with van der Waals surface area (Å²) in [7, 11) is 0. The molecule has 1 atom stereocenters. The number of benzene rings is 2. The van der Waals surface area contributed by atoms with E-state index in [0.717, 1.165) is 33.6 Å². The van der Waals surface area contributed by atoms with Crippen LogP contribution in [0.25, 0.3) is 17.1 Å². The predicted octanol–water partition coefficient (Wildman–Crippen LogP) is 5.37. The predicted molar refractivity (Wildman–Crippen MR) is 129 cm³/mol. The van der Waals surface area contributed by atoms with E-state index < -0.39 is 0 Å². The van der Waals surface area contributed by atoms with E-state index in [4.69, 9.17) is 0 Å². The summed E-state index contributed by atoms with van der Waals surface area (Å²) in [4.78, 5) is 17.2. The number of carbonyl (C=O) groups excluding carboxylic acids is 1. The fourth-order valence-corrected chi connectivity index (χ4v) is 4.24. The Kier molecular flexibility index (Phi) is 6.37. The van der Waals surface area contributed by atoms with E-state index in [1.54, 1.807) is 12.4 Å². The number of nitrogens with one attached hydrogen (secondary N) is 1. The van der Waals surface area contributed by atoms with Crippen LogP contribution in [0.1, 0.15) is 23.6 Å². The molecule has 0 aliphatic rings. The van der Waals surface area contributed by atoms with Gasteiger partial charge in [0.05, 0.1) is 10.9 Å². The van der Waals surface area contributed by atoms with E-state index in [0.29, 0.717) is 11.0 Å². The number of rotatable bonds is 6. The molecule has 0 spiro atoms. The lowest BCUT2D eigenvalue weighted by Gasteiger charge is -2.16. The molecule has 32 heavy (non-hydrogen) atoms. The zero-order valence-corrected chi connectivity index (χ0v) is 19.4. The summed E-state index contributed by atoms with van der Waals surface area (Å²) in [6.07, 6.45) is 3.50. The largest absolute Gasteiger partial charge is 0.325 e. The number of aryl methyl sites for hydroxylation is 3. The Balaban J connectivity index is 1.66. The second-order valence-electron chi connectivity index (χ2n) is 7.74. The lowest BCUT2D eigenvalue weighted by molar-refractivity contribution is -0.115. The quantitative estimate of drug-likeness (QED) is 0.405. The van der Waals surface area contributed by atoms with Crippen LogP contribution in [0.4, 0.5) is 5.69 Å². The van der Waals surface area contributed by atoms with Crippen molar-refractivity contribution in [2.75, 3.05) is 5.32 Å². The molecule has 2 heterocycles. The molecule has 1 unspecified atom stereocenters. The minimum absolute atomic E-state index is 0.0778. The Morgan fingerprint density at radius 1 is 1.00 bits per heavy atom. The molecular weight excluding hydrogens is 418 g/mol. The molecule has 0 radical (unpaired) electrons. The minimum atomic E-state index is -0.372. The van der Waals surface area contributed by atoms with Crippen LogP contribution in [0.2, 0.25) is 0 Å². The maximum absolute atomic E-state index is 13.0. The molecule has 0 saturated heterocycles. The van der Waals surface area contributed by atoms with Gasteiger partial charge in [0, 0.05) is 23.6 Å². The highest BCUT2D eigenvalue weighted by Gasteiger charge is 2.23. The van der Waals surface area contributed by atoms with Crippen LogP contribution in [0, 0.1) is 20.8 Å². The van der Waals surface area contributed by atoms with Crippen molar-refractivity contribution in [3.8, 4) is 17.1 Å². The van der Waals surface area contributed by atoms with Crippen LogP contribution in [-0.4, -0.2) is 30.9 Å². The third-order valence-corrected chi connectivity index (χ3v) is 6.25. The zero-order valence-electron chi connectivity index (χ0n) is 18.5. The topological polar surface area (TPSA) is 72.7 Å². The van der Waals surface area contributed by atoms with Crippen molar-refractivity contribution in [1.82, 2.24) is 19.7 Å². The number of carbonyl (C=O) groups is 1. The maximum Gasteiger partial charge on any atom is 0.237 e. The van der Waals surface area contributed by atoms with Gasteiger partial charge in [-0.2, -0.15) is 0 Å². The summed E-state index contributed by atoms with van der Waals surface area (Å²) in [5.74, 6) is 0.614. The van der Waals surface area contributed by atoms with Gasteiger partial charge in [-0.25, -0.2) is 0 Å². The highest BCUT2D eigenvalue weighted by atomic mass is 32.2. The minimum Gasteiger partial charge on any atom is -0.325 e. The van der Waals surface area contributed by atoms with Crippen molar-refractivity contribution < 1.29 is 4.79 Å². The zero-order chi connectivity index (χ0) is 22.7. The Labute approximate surface area is 192 Å². The molecule has 0 aliphatic carbocycles. The van der Waals surface area contributed by atoms with Gasteiger partial charge in [0.25, 0.3) is 0 Å². The summed E-state index contributed by atoms with van der Waals surface area (Å²) in [5, 5.41) is 12.2. The highest BCUT2D eigenvalue weighted by Crippen LogP contribution is 2.31. The molecule has 1 amide bonds. The van der Waals surface area contributed by atoms with Crippen molar-refractivity contribution in [1.29, 1.82) is 0 Å². The van der Waals surface area contributed by atoms with Crippen LogP contribution >= 0.6 is 11.8 Å². The van der Waals surface area contributed by atoms with Crippen molar-refractivity contribution in [3.63, 3.8) is 0 Å². The summed E-state index contributed by atoms with van der Waals surface area (Å²) in [6.45, 7) is 7.93. The monoisotopic (exact) mass is 443 g/mol. The second-order valence-corrected chi connectivity index (χ2v) is 9.05. The van der Waals surface area contributed by atoms with E-state index in [2.05, 4.69) is 20.5 Å². The van der Waals surface area contributed by atoms with Crippen LogP contribution < -0.4 is 5.32 Å². The maximum atomic E-state index is 13.0. The molecule has 1 N–H and O–H groups in total. The van der Waals surface area contributed by atoms with E-state index >= 15 is 0 Å². The number of amides is 1. The van der Waals surface area contributed by atoms with Crippen LogP contribution in [0.15, 0.2) is 72.1 Å². The van der Waals surface area contributed by atoms with Gasteiger partial charge in [0.15, 0.2) is 11.0 Å². The summed E-state index contributed by atoms with van der Waals surface area (Å²) in [5.41, 5.74) is 5.89. The number of pyridine rings is 1. The van der Waals surface area contributed by atoms with Crippen LogP contribution in [-0.2, 0) is 4.79 Å². The molecule has 4 aromatic rings. The van der Waals surface area contributed by atoms with Crippen molar-refractivity contribution in [2.45, 2.75) is 38.1 Å². The van der Waals surface area contributed by atoms with Crippen LogP contribution in [0.3, 0.4) is 0 Å². The number of nitrogens with zero attached hydrogens (tertiary/aromatic N) is 4. The molecule has 4 rings (SSSR count). The SMILES string of the molecule is Cc1ccc(C)c(NC(=O)C(C)Sc2nnc(-c3cccnc3)n2-c2ccccc2C)c1. The Hall–Kier alpha value is -3.45. The molecule has 162 valence electrons. The lowest BCUT2D eigenvalue weighted by Crippen LogP contribution is -2.23. The van der Waals surface area contributed by atoms with Gasteiger partial charge in [-0.1, -0.05) is 42.1 Å². The van der Waals surface area contributed by atoms with Gasteiger partial charge < -0.3 is 5.32 Å². The van der Waals surface area contributed by atoms with Gasteiger partial charge in [-0.05, 0) is 68.7 Å². The molecule has 0 bridgehead atoms. The first-order valence-electron chi connectivity index (χ1n) is 10.4. The summed E-state index contributed by atoms with van der Waals surface area (Å²) in [6, 6.07) is 17.9. The first-order valence-corrected chi connectivity index (χ1v) is 11.3. The Morgan fingerprint density at radius 3 is 2.56 bits per heavy atom. The number of para-hydroxylation sites is 1. The van der Waals surface area contributed by atoms with Gasteiger partial charge >= 0.3 is 0 Å². The third-order valence-electron chi connectivity index (χ3n) is 5.21. The van der Waals surface area contributed by atoms with Crippen molar-refractivity contribution in [3.05, 3.63) is 83.7 Å². The average Bonchev–Trinajstić information content (AvgIpc) is 3.20. The standard InChI is InChI=1S/C25H25N5OS/c1-16-11-12-17(2)21(14-16)27-24(31)19(4)32-25-29-28-23(20-9-7-13-26-15-20)30(25)22-10-6-5-8-18(22)3/h5-15,19H,1-4H3,(H,27,31). The number of anilines is 1. The highest BCUT2D eigenvalue weighted by molar-refractivity contribution is 8.00. The van der Waals surface area contributed by atoms with Crippen molar-refractivity contribution in [2.24, 2.45) is 0 Å².